The monoisotopic (exact) mass is 644 g/mol. The van der Waals surface area contributed by atoms with Gasteiger partial charge >= 0.3 is 13.2 Å². The summed E-state index contributed by atoms with van der Waals surface area (Å²) in [6, 6.07) is 9.04. The van der Waals surface area contributed by atoms with Crippen LogP contribution in [-0.4, -0.2) is 67.2 Å². The second kappa shape index (κ2) is 13.2. The molecule has 44 heavy (non-hydrogen) atoms. The predicted octanol–water partition coefficient (Wildman–Crippen LogP) is 7.22. The van der Waals surface area contributed by atoms with Crippen LogP contribution in [0.2, 0.25) is 23.2 Å². The van der Waals surface area contributed by atoms with Crippen molar-refractivity contribution in [1.29, 1.82) is 0 Å². The van der Waals surface area contributed by atoms with Crippen molar-refractivity contribution in [2.24, 2.45) is 0 Å². The van der Waals surface area contributed by atoms with Crippen LogP contribution < -0.4 is 5.46 Å². The van der Waals surface area contributed by atoms with Crippen LogP contribution >= 0.6 is 11.6 Å². The van der Waals surface area contributed by atoms with Gasteiger partial charge in [-0.25, -0.2) is 4.79 Å². The van der Waals surface area contributed by atoms with Gasteiger partial charge in [-0.05, 0) is 83.8 Å². The second-order valence-electron chi connectivity index (χ2n) is 15.1. The number of rotatable bonds is 10. The van der Waals surface area contributed by atoms with E-state index in [4.69, 9.17) is 30.1 Å². The summed E-state index contributed by atoms with van der Waals surface area (Å²) in [7, 11) is -2.60. The van der Waals surface area contributed by atoms with Gasteiger partial charge in [0, 0.05) is 29.6 Å². The topological polar surface area (TPSA) is 87.2 Å². The maximum atomic E-state index is 13.2. The van der Waals surface area contributed by atoms with Gasteiger partial charge in [0.25, 0.3) is 0 Å². The SMILES string of the molecule is CC(C)(C)OC(=O)N(CCO[Si](C)(C)C(C)(C)C)Cc1ccc(C(=O)Cc2cccc(B3OC(C)(C)C(C)(C)O3)c2Cl)nc1. The first-order valence-corrected chi connectivity index (χ1v) is 18.5. The van der Waals surface area contributed by atoms with Gasteiger partial charge in [-0.2, -0.15) is 0 Å². The largest absolute Gasteiger partial charge is 0.496 e. The maximum absolute atomic E-state index is 13.2. The molecular weight excluding hydrogens is 595 g/mol. The number of aromatic nitrogens is 1. The van der Waals surface area contributed by atoms with Crippen molar-refractivity contribution in [3.63, 3.8) is 0 Å². The zero-order valence-corrected chi connectivity index (χ0v) is 30.3. The number of hydrogen-bond donors (Lipinski definition) is 0. The first kappa shape index (κ1) is 36.2. The number of pyridine rings is 1. The number of Topliss-reactive ketones (excluding diaryl/α,β-unsaturated/α-hetero) is 1. The summed E-state index contributed by atoms with van der Waals surface area (Å²) in [5.41, 5.74) is 0.818. The van der Waals surface area contributed by atoms with Crippen LogP contribution in [0.3, 0.4) is 0 Å². The molecule has 0 N–H and O–H groups in total. The van der Waals surface area contributed by atoms with E-state index in [0.717, 1.165) is 5.56 Å². The molecule has 0 bridgehead atoms. The van der Waals surface area contributed by atoms with Crippen molar-refractivity contribution in [2.75, 3.05) is 13.2 Å². The van der Waals surface area contributed by atoms with Gasteiger partial charge < -0.3 is 23.4 Å². The minimum atomic E-state index is -1.98. The second-order valence-corrected chi connectivity index (χ2v) is 20.3. The lowest BCUT2D eigenvalue weighted by Gasteiger charge is -2.37. The molecule has 3 rings (SSSR count). The van der Waals surface area contributed by atoms with E-state index in [0.29, 0.717) is 34.9 Å². The number of ether oxygens (including phenoxy) is 1. The van der Waals surface area contributed by atoms with Crippen molar-refractivity contribution in [3.05, 3.63) is 58.4 Å². The van der Waals surface area contributed by atoms with E-state index in [1.807, 2.05) is 72.7 Å². The summed E-state index contributed by atoms with van der Waals surface area (Å²) in [6.07, 6.45) is 1.28. The van der Waals surface area contributed by atoms with Crippen molar-refractivity contribution < 1.29 is 28.1 Å². The average Bonchev–Trinajstić information content (AvgIpc) is 3.09. The summed E-state index contributed by atoms with van der Waals surface area (Å²) >= 11 is 6.77. The molecule has 8 nitrogen and oxygen atoms in total. The van der Waals surface area contributed by atoms with Gasteiger partial charge in [-0.3, -0.25) is 9.78 Å². The Kier molecular flexibility index (Phi) is 10.9. The number of benzene rings is 1. The van der Waals surface area contributed by atoms with Crippen LogP contribution in [-0.2, 0) is 31.4 Å². The molecule has 1 amide bonds. The fourth-order valence-corrected chi connectivity index (χ4v) is 5.56. The Morgan fingerprint density at radius 1 is 1.00 bits per heavy atom. The third kappa shape index (κ3) is 8.94. The molecular formula is C33H50BClN2O6Si. The zero-order chi connectivity index (χ0) is 33.3. The van der Waals surface area contributed by atoms with E-state index in [1.54, 1.807) is 17.2 Å². The molecule has 1 aliphatic rings. The van der Waals surface area contributed by atoms with Crippen LogP contribution in [0.1, 0.15) is 90.9 Å². The highest BCUT2D eigenvalue weighted by Crippen LogP contribution is 2.38. The van der Waals surface area contributed by atoms with E-state index in [9.17, 15) is 9.59 Å². The maximum Gasteiger partial charge on any atom is 0.496 e. The summed E-state index contributed by atoms with van der Waals surface area (Å²) in [4.78, 5) is 32.4. The number of carbonyl (C=O) groups is 2. The molecule has 0 aliphatic carbocycles. The highest BCUT2D eigenvalue weighted by atomic mass is 35.5. The fourth-order valence-electron chi connectivity index (χ4n) is 4.24. The van der Waals surface area contributed by atoms with Gasteiger partial charge in [-0.15, -0.1) is 0 Å². The van der Waals surface area contributed by atoms with E-state index in [-0.39, 0.29) is 23.8 Å². The molecule has 0 unspecified atom stereocenters. The number of amides is 1. The van der Waals surface area contributed by atoms with Crippen LogP contribution in [0.25, 0.3) is 0 Å². The van der Waals surface area contributed by atoms with Crippen molar-refractivity contribution in [2.45, 2.75) is 117 Å². The van der Waals surface area contributed by atoms with E-state index >= 15 is 0 Å². The molecule has 1 aromatic heterocycles. The Labute approximate surface area is 270 Å². The molecule has 1 saturated heterocycles. The van der Waals surface area contributed by atoms with Crippen molar-refractivity contribution in [3.8, 4) is 0 Å². The van der Waals surface area contributed by atoms with Crippen LogP contribution in [0.5, 0.6) is 0 Å². The standard InChI is InChI=1S/C33H50BClN2O6Si/c1-30(2,3)41-29(39)37(18-19-40-44(11,12)31(4,5)6)22-23-16-17-26(36-21-23)27(38)20-24-14-13-15-25(28(24)35)34-42-32(7,8)33(9,10)43-34/h13-17,21H,18-20,22H2,1-12H3. The first-order valence-electron chi connectivity index (χ1n) is 15.3. The third-order valence-corrected chi connectivity index (χ3v) is 13.7. The molecule has 1 fully saturated rings. The van der Waals surface area contributed by atoms with E-state index in [1.165, 1.54) is 0 Å². The minimum Gasteiger partial charge on any atom is -0.444 e. The Morgan fingerprint density at radius 3 is 2.14 bits per heavy atom. The molecule has 1 aliphatic heterocycles. The lowest BCUT2D eigenvalue weighted by atomic mass is 9.78. The van der Waals surface area contributed by atoms with Gasteiger partial charge in [0.1, 0.15) is 11.3 Å². The number of hydrogen-bond acceptors (Lipinski definition) is 7. The fraction of sp³-hybridized carbons (Fsp3) is 0.606. The van der Waals surface area contributed by atoms with Crippen molar-refractivity contribution in [1.82, 2.24) is 9.88 Å². The smallest absolute Gasteiger partial charge is 0.444 e. The molecule has 11 heteroatoms. The van der Waals surface area contributed by atoms with Gasteiger partial charge in [0.05, 0.1) is 24.4 Å². The highest BCUT2D eigenvalue weighted by Gasteiger charge is 2.52. The Balaban J connectivity index is 1.71. The summed E-state index contributed by atoms with van der Waals surface area (Å²) < 4.78 is 24.3. The predicted molar refractivity (Wildman–Crippen MR) is 179 cm³/mol. The molecule has 0 atom stereocenters. The van der Waals surface area contributed by atoms with E-state index in [2.05, 4.69) is 38.8 Å². The molecule has 242 valence electrons. The van der Waals surface area contributed by atoms with E-state index < -0.39 is 38.3 Å². The Hall–Kier alpha value is -2.24. The van der Waals surface area contributed by atoms with Crippen LogP contribution in [0.4, 0.5) is 4.79 Å². The van der Waals surface area contributed by atoms with Crippen LogP contribution in [0.15, 0.2) is 36.5 Å². The summed E-state index contributed by atoms with van der Waals surface area (Å²) in [5.74, 6) is -0.170. The van der Waals surface area contributed by atoms with Crippen molar-refractivity contribution >= 4 is 44.4 Å². The average molecular weight is 645 g/mol. The highest BCUT2D eigenvalue weighted by molar-refractivity contribution is 6.74. The lowest BCUT2D eigenvalue weighted by Crippen LogP contribution is -2.44. The number of nitrogens with zero attached hydrogens (tertiary/aromatic N) is 2. The molecule has 2 aromatic rings. The Morgan fingerprint density at radius 2 is 1.61 bits per heavy atom. The third-order valence-electron chi connectivity index (χ3n) is 8.73. The van der Waals surface area contributed by atoms with Gasteiger partial charge in [-0.1, -0.05) is 56.6 Å². The minimum absolute atomic E-state index is 0.0630. The summed E-state index contributed by atoms with van der Waals surface area (Å²) in [6.45, 7) is 25.5. The lowest BCUT2D eigenvalue weighted by molar-refractivity contribution is 0.00578. The Bertz CT molecular complexity index is 1320. The van der Waals surface area contributed by atoms with Gasteiger partial charge in [0.2, 0.25) is 0 Å². The molecule has 1 aromatic carbocycles. The van der Waals surface area contributed by atoms with Crippen LogP contribution in [0, 0.1) is 0 Å². The summed E-state index contributed by atoms with van der Waals surface area (Å²) in [5, 5.41) is 0.511. The molecule has 2 heterocycles. The number of ketones is 1. The quantitative estimate of drug-likeness (QED) is 0.199. The molecule has 0 spiro atoms. The molecule has 0 radical (unpaired) electrons. The number of halogens is 1. The molecule has 0 saturated carbocycles. The first-order chi connectivity index (χ1) is 20.0. The number of carbonyl (C=O) groups excluding carboxylic acids is 2. The normalized spacial score (nSPS) is 16.6. The zero-order valence-electron chi connectivity index (χ0n) is 28.6. The van der Waals surface area contributed by atoms with Gasteiger partial charge in [0.15, 0.2) is 14.1 Å².